The second-order valence-electron chi connectivity index (χ2n) is 9.87. The van der Waals surface area contributed by atoms with Crippen molar-refractivity contribution >= 4 is 28.5 Å². The highest BCUT2D eigenvalue weighted by Gasteiger charge is 2.80. The van der Waals surface area contributed by atoms with E-state index in [9.17, 15) is 19.6 Å². The standard InChI is InChI=1S/C30H27N5O3/c1-19-9-8-12-21(15-19)30(27(33)38)29(26(32)37,20-10-4-3-5-11-20)28(17-31,18-35(30)2)25(36)23-16-34-24-14-7-6-13-22(23)24/h3-16,34H,18H2,1-2H3,(H2,32,37)(H2,33,38)/t28-,29+,30-/m1/s1. The van der Waals surface area contributed by atoms with Crippen molar-refractivity contribution in [3.05, 3.63) is 107 Å². The first-order valence-corrected chi connectivity index (χ1v) is 12.1. The van der Waals surface area contributed by atoms with Gasteiger partial charge in [-0.2, -0.15) is 5.26 Å². The molecule has 5 N–H and O–H groups in total. The van der Waals surface area contributed by atoms with Crippen LogP contribution in [-0.4, -0.2) is 41.1 Å². The average Bonchev–Trinajstić information content (AvgIpc) is 3.44. The smallest absolute Gasteiger partial charge is 0.244 e. The van der Waals surface area contributed by atoms with Gasteiger partial charge in [-0.05, 0) is 31.2 Å². The van der Waals surface area contributed by atoms with Gasteiger partial charge in [-0.25, -0.2) is 0 Å². The van der Waals surface area contributed by atoms with Crippen molar-refractivity contribution in [2.45, 2.75) is 17.9 Å². The van der Waals surface area contributed by atoms with Gasteiger partial charge in [-0.1, -0.05) is 78.4 Å². The highest BCUT2D eigenvalue weighted by atomic mass is 16.2. The van der Waals surface area contributed by atoms with Gasteiger partial charge in [0.2, 0.25) is 11.8 Å². The van der Waals surface area contributed by atoms with E-state index in [1.165, 1.54) is 11.1 Å². The van der Waals surface area contributed by atoms with E-state index in [1.807, 2.05) is 25.1 Å². The van der Waals surface area contributed by atoms with Crippen LogP contribution in [0.4, 0.5) is 0 Å². The fourth-order valence-corrected chi connectivity index (χ4v) is 6.59. The number of likely N-dealkylation sites (N-methyl/N-ethyl adjacent to an activating group) is 1. The average molecular weight is 506 g/mol. The van der Waals surface area contributed by atoms with Gasteiger partial charge in [-0.3, -0.25) is 19.3 Å². The molecule has 5 rings (SSSR count). The summed E-state index contributed by atoms with van der Waals surface area (Å²) in [5, 5.41) is 11.6. The predicted octanol–water partition coefficient (Wildman–Crippen LogP) is 2.92. The number of aryl methyl sites for hydroxylation is 1. The number of aromatic amines is 1. The van der Waals surface area contributed by atoms with Crippen molar-refractivity contribution < 1.29 is 14.4 Å². The van der Waals surface area contributed by atoms with Gasteiger partial charge in [0.1, 0.15) is 11.0 Å². The molecule has 38 heavy (non-hydrogen) atoms. The predicted molar refractivity (Wildman–Crippen MR) is 143 cm³/mol. The lowest BCUT2D eigenvalue weighted by Gasteiger charge is -2.48. The molecule has 0 aliphatic carbocycles. The molecule has 0 spiro atoms. The summed E-state index contributed by atoms with van der Waals surface area (Å²) in [7, 11) is 1.59. The number of ketones is 1. The summed E-state index contributed by atoms with van der Waals surface area (Å²) in [6.07, 6.45) is 1.53. The third-order valence-corrected chi connectivity index (χ3v) is 8.01. The highest BCUT2D eigenvalue weighted by Crippen LogP contribution is 2.62. The summed E-state index contributed by atoms with van der Waals surface area (Å²) < 4.78 is 0. The van der Waals surface area contributed by atoms with E-state index in [0.717, 1.165) is 5.56 Å². The normalized spacial score (nSPS) is 25.2. The molecule has 4 aromatic rings. The molecule has 2 heterocycles. The minimum absolute atomic E-state index is 0.224. The molecule has 0 saturated carbocycles. The molecule has 3 atom stereocenters. The topological polar surface area (TPSA) is 146 Å². The Bertz CT molecular complexity index is 1640. The number of rotatable bonds is 6. The number of fused-ring (bicyclic) bond motifs is 1. The quantitative estimate of drug-likeness (QED) is 0.345. The van der Waals surface area contributed by atoms with Crippen molar-refractivity contribution in [2.75, 3.05) is 13.6 Å². The number of carbonyl (C=O) groups is 3. The zero-order valence-corrected chi connectivity index (χ0v) is 21.1. The Labute approximate surface area is 219 Å². The van der Waals surface area contributed by atoms with Crippen LogP contribution in [0.1, 0.15) is 27.0 Å². The second-order valence-corrected chi connectivity index (χ2v) is 9.87. The molecule has 8 nitrogen and oxygen atoms in total. The van der Waals surface area contributed by atoms with E-state index in [2.05, 4.69) is 11.1 Å². The third kappa shape index (κ3) is 2.91. The van der Waals surface area contributed by atoms with E-state index in [4.69, 9.17) is 11.5 Å². The fraction of sp³-hybridized carbons (Fsp3) is 0.200. The van der Waals surface area contributed by atoms with Crippen LogP contribution < -0.4 is 11.5 Å². The number of Topliss-reactive ketones (excluding diaryl/α,β-unsaturated/α-hetero) is 1. The first-order valence-electron chi connectivity index (χ1n) is 12.1. The Morgan fingerprint density at radius 3 is 2.21 bits per heavy atom. The highest BCUT2D eigenvalue weighted by molar-refractivity contribution is 6.17. The van der Waals surface area contributed by atoms with E-state index in [0.29, 0.717) is 16.5 Å². The lowest BCUT2D eigenvalue weighted by Crippen LogP contribution is -2.69. The fourth-order valence-electron chi connectivity index (χ4n) is 6.59. The van der Waals surface area contributed by atoms with Crippen LogP contribution in [0.3, 0.4) is 0 Å². The van der Waals surface area contributed by atoms with Crippen molar-refractivity contribution in [3.63, 3.8) is 0 Å². The third-order valence-electron chi connectivity index (χ3n) is 8.01. The maximum Gasteiger partial charge on any atom is 0.244 e. The molecule has 0 radical (unpaired) electrons. The van der Waals surface area contributed by atoms with E-state index in [-0.39, 0.29) is 17.7 Å². The van der Waals surface area contributed by atoms with Crippen LogP contribution in [0.15, 0.2) is 85.1 Å². The molecule has 2 amide bonds. The minimum Gasteiger partial charge on any atom is -0.369 e. The first-order chi connectivity index (χ1) is 18.2. The lowest BCUT2D eigenvalue weighted by atomic mass is 9.50. The molecule has 0 bridgehead atoms. The van der Waals surface area contributed by atoms with Crippen LogP contribution >= 0.6 is 0 Å². The summed E-state index contributed by atoms with van der Waals surface area (Å²) in [5.41, 5.74) is 8.62. The number of carbonyl (C=O) groups excluding carboxylic acids is 3. The van der Waals surface area contributed by atoms with Crippen molar-refractivity contribution in [3.8, 4) is 6.07 Å². The molecule has 1 saturated heterocycles. The molecule has 1 aromatic heterocycles. The number of likely N-dealkylation sites (tertiary alicyclic amines) is 1. The minimum atomic E-state index is -2.18. The summed E-state index contributed by atoms with van der Waals surface area (Å²) >= 11 is 0. The molecular weight excluding hydrogens is 478 g/mol. The van der Waals surface area contributed by atoms with E-state index < -0.39 is 34.0 Å². The maximum atomic E-state index is 14.7. The molecule has 1 aliphatic rings. The number of amides is 2. The molecule has 0 unspecified atom stereocenters. The Balaban J connectivity index is 1.97. The Kier molecular flexibility index (Phi) is 5.70. The van der Waals surface area contributed by atoms with Gasteiger partial charge in [0.05, 0.1) is 6.07 Å². The van der Waals surface area contributed by atoms with Crippen molar-refractivity contribution in [1.82, 2.24) is 9.88 Å². The summed E-state index contributed by atoms with van der Waals surface area (Å²) in [6, 6.07) is 24.7. The number of hydrogen-bond donors (Lipinski definition) is 3. The van der Waals surface area contributed by atoms with Crippen LogP contribution in [0, 0.1) is 23.7 Å². The van der Waals surface area contributed by atoms with Gasteiger partial charge >= 0.3 is 0 Å². The van der Waals surface area contributed by atoms with Gasteiger partial charge < -0.3 is 16.5 Å². The number of nitrogens with zero attached hydrogens (tertiary/aromatic N) is 2. The number of aromatic nitrogens is 1. The number of hydrogen-bond acceptors (Lipinski definition) is 5. The largest absolute Gasteiger partial charge is 0.369 e. The van der Waals surface area contributed by atoms with Gasteiger partial charge in [0.15, 0.2) is 11.2 Å². The van der Waals surface area contributed by atoms with E-state index >= 15 is 0 Å². The Morgan fingerprint density at radius 1 is 0.921 bits per heavy atom. The molecule has 190 valence electrons. The van der Waals surface area contributed by atoms with Crippen molar-refractivity contribution in [1.29, 1.82) is 5.26 Å². The SMILES string of the molecule is Cc1cccc([C@]2(C(N)=O)N(C)C[C@](C#N)(C(=O)c3c[nH]c4ccccc34)[C@@]2(C(N)=O)c2ccccc2)c1. The summed E-state index contributed by atoms with van der Waals surface area (Å²) in [6.45, 7) is 1.58. The number of benzene rings is 3. The van der Waals surface area contributed by atoms with Crippen LogP contribution in [0.5, 0.6) is 0 Å². The molecule has 1 fully saturated rings. The zero-order valence-electron chi connectivity index (χ0n) is 21.1. The zero-order chi connectivity index (χ0) is 27.3. The van der Waals surface area contributed by atoms with Gasteiger partial charge in [-0.15, -0.1) is 0 Å². The Morgan fingerprint density at radius 2 is 1.58 bits per heavy atom. The van der Waals surface area contributed by atoms with Crippen LogP contribution in [0.2, 0.25) is 0 Å². The molecule has 3 aromatic carbocycles. The van der Waals surface area contributed by atoms with Gasteiger partial charge in [0.25, 0.3) is 0 Å². The number of nitriles is 1. The molecule has 1 aliphatic heterocycles. The maximum absolute atomic E-state index is 14.7. The molecular formula is C30H27N5O3. The van der Waals surface area contributed by atoms with Crippen molar-refractivity contribution in [2.24, 2.45) is 16.9 Å². The monoisotopic (exact) mass is 505 g/mol. The summed E-state index contributed by atoms with van der Waals surface area (Å²) in [5.74, 6) is -2.51. The number of primary amides is 2. The number of nitrogens with one attached hydrogen (secondary N) is 1. The number of nitrogens with two attached hydrogens (primary N) is 2. The van der Waals surface area contributed by atoms with Crippen LogP contribution in [0.25, 0.3) is 10.9 Å². The lowest BCUT2D eigenvalue weighted by molar-refractivity contribution is -0.141. The molecule has 8 heteroatoms. The number of para-hydroxylation sites is 1. The van der Waals surface area contributed by atoms with Gasteiger partial charge in [0, 0.05) is 29.2 Å². The summed E-state index contributed by atoms with van der Waals surface area (Å²) in [4.78, 5) is 47.2. The van der Waals surface area contributed by atoms with Crippen LogP contribution in [-0.2, 0) is 20.5 Å². The Hall–Kier alpha value is -4.74. The second kappa shape index (κ2) is 8.68. The number of H-pyrrole nitrogens is 1. The van der Waals surface area contributed by atoms with E-state index in [1.54, 1.807) is 67.7 Å². The first kappa shape index (κ1) is 24.9.